The predicted molar refractivity (Wildman–Crippen MR) is 141 cm³/mol. The number of benzene rings is 1. The smallest absolute Gasteiger partial charge is 0.363 e. The van der Waals surface area contributed by atoms with Crippen LogP contribution in [0.3, 0.4) is 0 Å². The number of amides is 1. The SMILES string of the molecule is COc1cc2c(cc1C(=O)Nc1cccc(C(=N)N(C=N)C(C)CO)n1)CN(O)CC2.O.[CH2-]CC(F)(F)F.[CH3-].[Y]. The number of pyridine rings is 1. The van der Waals surface area contributed by atoms with Crippen molar-refractivity contribution < 1.29 is 71.2 Å². The van der Waals surface area contributed by atoms with Gasteiger partial charge in [-0.1, -0.05) is 12.5 Å². The number of carbonyl (C=O) groups excluding carboxylic acids is 1. The van der Waals surface area contributed by atoms with Gasteiger partial charge in [-0.2, -0.15) is 18.2 Å². The number of aromatic nitrogens is 1. The molecule has 1 aromatic heterocycles. The Hall–Kier alpha value is -2.49. The Morgan fingerprint density at radius 1 is 1.35 bits per heavy atom. The van der Waals surface area contributed by atoms with Gasteiger partial charge >= 0.3 is 6.18 Å². The zero-order valence-electron chi connectivity index (χ0n) is 22.5. The van der Waals surface area contributed by atoms with E-state index in [9.17, 15) is 28.3 Å². The molecule has 1 aliphatic rings. The van der Waals surface area contributed by atoms with Crippen molar-refractivity contribution >= 4 is 23.9 Å². The van der Waals surface area contributed by atoms with Crippen LogP contribution >= 0.6 is 0 Å². The van der Waals surface area contributed by atoms with Crippen LogP contribution in [0.1, 0.15) is 40.5 Å². The van der Waals surface area contributed by atoms with Gasteiger partial charge in [0, 0.05) is 45.8 Å². The first kappa shape index (κ1) is 39.7. The zero-order valence-corrected chi connectivity index (χ0v) is 25.4. The molecule has 221 valence electrons. The Morgan fingerprint density at radius 3 is 2.50 bits per heavy atom. The van der Waals surface area contributed by atoms with E-state index < -0.39 is 24.5 Å². The number of alkyl halides is 3. The number of aliphatic hydroxyl groups excluding tert-OH is 1. The molecule has 2 aromatic rings. The van der Waals surface area contributed by atoms with Gasteiger partial charge in [0.1, 0.15) is 17.3 Å². The Bertz CT molecular complexity index is 1120. The number of rotatable bonds is 7. The maximum absolute atomic E-state index is 12.9. The topological polar surface area (TPSA) is 177 Å². The van der Waals surface area contributed by atoms with E-state index in [0.29, 0.717) is 30.8 Å². The number of hydrogen-bond acceptors (Lipinski definition) is 8. The van der Waals surface area contributed by atoms with Crippen LogP contribution in [0.5, 0.6) is 5.75 Å². The number of anilines is 1. The monoisotopic (exact) mass is 645 g/mol. The van der Waals surface area contributed by atoms with E-state index in [-0.39, 0.29) is 69.6 Å². The summed E-state index contributed by atoms with van der Waals surface area (Å²) >= 11 is 0. The van der Waals surface area contributed by atoms with E-state index in [1.807, 2.05) is 6.07 Å². The number of amidine groups is 1. The molecule has 15 heteroatoms. The van der Waals surface area contributed by atoms with E-state index in [2.05, 4.69) is 17.2 Å². The Morgan fingerprint density at radius 2 is 1.98 bits per heavy atom. The van der Waals surface area contributed by atoms with Gasteiger partial charge in [-0.05, 0) is 48.7 Å². The summed E-state index contributed by atoms with van der Waals surface area (Å²) in [6.07, 6.45) is -3.43. The van der Waals surface area contributed by atoms with Gasteiger partial charge in [-0.15, -0.1) is 0 Å². The molecule has 0 fully saturated rings. The molecular weight excluding hydrogens is 610 g/mol. The van der Waals surface area contributed by atoms with Gasteiger partial charge in [0.15, 0.2) is 5.84 Å². The van der Waals surface area contributed by atoms with Gasteiger partial charge in [0.2, 0.25) is 0 Å². The molecule has 11 nitrogen and oxygen atoms in total. The molecule has 1 amide bonds. The Balaban J connectivity index is 0. The fraction of sp³-hybridized carbons (Fsp3) is 0.360. The van der Waals surface area contributed by atoms with Gasteiger partial charge in [-0.25, -0.2) is 4.98 Å². The summed E-state index contributed by atoms with van der Waals surface area (Å²) in [5.41, 5.74) is 2.43. The number of fused-ring (bicyclic) bond motifs is 1. The standard InChI is InChI=1S/C21H26N6O4.C3H4F3.CH3.H2O.Y/c1-13(11-28)27(12-22)20(23)17-4-3-5-19(24-17)25-21(29)16-8-15-10-26(30)7-6-14(15)9-18(16)31-2;1-2-3(4,5)6;;;/h3-5,8-9,12-13,22-23,28,30H,6-7,10-11H2,1-2H3,(H,24,25,29);1-2H2;1H3;1H2;/q;2*-1;;. The van der Waals surface area contributed by atoms with Crippen LogP contribution in [-0.2, 0) is 45.7 Å². The molecule has 0 spiro atoms. The molecule has 1 atom stereocenters. The molecule has 0 saturated carbocycles. The van der Waals surface area contributed by atoms with Gasteiger partial charge in [0.25, 0.3) is 5.91 Å². The maximum atomic E-state index is 12.9. The second-order valence-electron chi connectivity index (χ2n) is 8.10. The van der Waals surface area contributed by atoms with Crippen molar-refractivity contribution in [2.45, 2.75) is 38.5 Å². The van der Waals surface area contributed by atoms with Crippen LogP contribution < -0.4 is 10.1 Å². The van der Waals surface area contributed by atoms with Crippen molar-refractivity contribution in [1.29, 1.82) is 10.8 Å². The number of carbonyl (C=O) groups is 1. The van der Waals surface area contributed by atoms with Crippen LogP contribution in [0.15, 0.2) is 30.3 Å². The first-order valence-corrected chi connectivity index (χ1v) is 11.2. The van der Waals surface area contributed by atoms with Crippen LogP contribution in [0.4, 0.5) is 19.0 Å². The molecule has 1 aromatic carbocycles. The van der Waals surface area contributed by atoms with Crippen LogP contribution in [0, 0.1) is 25.2 Å². The minimum absolute atomic E-state index is 0. The van der Waals surface area contributed by atoms with E-state index in [1.165, 1.54) is 17.1 Å². The van der Waals surface area contributed by atoms with E-state index in [4.69, 9.17) is 15.6 Å². The normalized spacial score (nSPS) is 12.9. The second-order valence-corrected chi connectivity index (χ2v) is 8.10. The fourth-order valence-electron chi connectivity index (χ4n) is 3.37. The van der Waals surface area contributed by atoms with Crippen LogP contribution in [0.2, 0.25) is 0 Å². The van der Waals surface area contributed by atoms with Crippen molar-refractivity contribution in [1.82, 2.24) is 14.9 Å². The average Bonchev–Trinajstić information content (AvgIpc) is 2.88. The van der Waals surface area contributed by atoms with Gasteiger partial charge in [-0.3, -0.25) is 15.6 Å². The summed E-state index contributed by atoms with van der Waals surface area (Å²) in [6.45, 7) is 4.94. The quantitative estimate of drug-likeness (QED) is 0.175. The van der Waals surface area contributed by atoms with Crippen molar-refractivity contribution in [3.63, 3.8) is 0 Å². The number of ether oxygens (including phenoxy) is 1. The Labute approximate surface area is 256 Å². The average molecular weight is 645 g/mol. The summed E-state index contributed by atoms with van der Waals surface area (Å²) in [5, 5.41) is 38.8. The maximum Gasteiger partial charge on any atom is 0.363 e. The minimum Gasteiger partial charge on any atom is -0.496 e. The number of aliphatic hydroxyl groups is 1. The molecule has 7 N–H and O–H groups in total. The van der Waals surface area contributed by atoms with Crippen molar-refractivity contribution in [3.05, 3.63) is 67.1 Å². The molecule has 2 heterocycles. The third kappa shape index (κ3) is 11.2. The summed E-state index contributed by atoms with van der Waals surface area (Å²) < 4.78 is 37.6. The van der Waals surface area contributed by atoms with Gasteiger partial charge in [0.05, 0.1) is 31.7 Å². The first-order valence-electron chi connectivity index (χ1n) is 11.2. The molecule has 3 rings (SSSR count). The predicted octanol–water partition coefficient (Wildman–Crippen LogP) is 3.10. The van der Waals surface area contributed by atoms with E-state index in [1.54, 1.807) is 31.2 Å². The summed E-state index contributed by atoms with van der Waals surface area (Å²) in [6, 6.07) is 7.89. The fourth-order valence-corrected chi connectivity index (χ4v) is 3.37. The third-order valence-electron chi connectivity index (χ3n) is 5.41. The number of nitrogens with zero attached hydrogens (tertiary/aromatic N) is 3. The number of hydroxylamine groups is 2. The molecular formula is C25H35F3N6O5Y-2. The molecule has 1 aliphatic heterocycles. The number of hydrogen-bond donors (Lipinski definition) is 5. The summed E-state index contributed by atoms with van der Waals surface area (Å²) in [7, 11) is 1.49. The minimum atomic E-state index is -4.07. The third-order valence-corrected chi connectivity index (χ3v) is 5.41. The second kappa shape index (κ2) is 18.0. The van der Waals surface area contributed by atoms with Crippen molar-refractivity contribution in [3.8, 4) is 5.75 Å². The molecule has 0 saturated heterocycles. The number of methoxy groups -OCH3 is 1. The largest absolute Gasteiger partial charge is 0.496 e. The molecule has 0 aliphatic carbocycles. The van der Waals surface area contributed by atoms with Crippen LogP contribution in [-0.4, -0.2) is 81.3 Å². The molecule has 0 bridgehead atoms. The van der Waals surface area contributed by atoms with Gasteiger partial charge < -0.3 is 45.1 Å². The summed E-state index contributed by atoms with van der Waals surface area (Å²) in [5.74, 6) is 0.163. The number of halogens is 3. The van der Waals surface area contributed by atoms with Crippen LogP contribution in [0.25, 0.3) is 0 Å². The van der Waals surface area contributed by atoms with Crippen molar-refractivity contribution in [2.75, 3.05) is 25.6 Å². The van der Waals surface area contributed by atoms with E-state index in [0.717, 1.165) is 17.5 Å². The van der Waals surface area contributed by atoms with E-state index >= 15 is 0 Å². The molecule has 40 heavy (non-hydrogen) atoms. The van der Waals surface area contributed by atoms with Crippen molar-refractivity contribution in [2.24, 2.45) is 0 Å². The first-order chi connectivity index (χ1) is 17.4. The number of nitrogens with one attached hydrogen (secondary N) is 3. The Kier molecular flexibility index (Phi) is 17.9. The summed E-state index contributed by atoms with van der Waals surface area (Å²) in [4.78, 5) is 18.5. The molecule has 1 unspecified atom stereocenters. The molecule has 1 radical (unpaired) electrons. The zero-order chi connectivity index (χ0) is 27.8.